The Morgan fingerprint density at radius 2 is 1.95 bits per heavy atom. The summed E-state index contributed by atoms with van der Waals surface area (Å²) in [5.74, 6) is 1.07. The van der Waals surface area contributed by atoms with Crippen LogP contribution in [0.3, 0.4) is 0 Å². The maximum absolute atomic E-state index is 12.8. The van der Waals surface area contributed by atoms with Crippen LogP contribution in [0, 0.1) is 17.3 Å². The van der Waals surface area contributed by atoms with E-state index in [2.05, 4.69) is 25.9 Å². The molecule has 5 nitrogen and oxygen atoms in total. The average Bonchev–Trinajstić information content (AvgIpc) is 2.43. The van der Waals surface area contributed by atoms with Gasteiger partial charge in [-0.3, -0.25) is 4.79 Å². The van der Waals surface area contributed by atoms with Crippen molar-refractivity contribution >= 4 is 11.7 Å². The van der Waals surface area contributed by atoms with E-state index in [9.17, 15) is 4.79 Å². The molecule has 116 valence electrons. The molecule has 1 aliphatic carbocycles. The minimum atomic E-state index is -0.768. The van der Waals surface area contributed by atoms with Crippen molar-refractivity contribution in [2.24, 2.45) is 28.1 Å². The highest BCUT2D eigenvalue weighted by Crippen LogP contribution is 2.47. The third-order valence-corrected chi connectivity index (χ3v) is 4.70. The molecule has 0 unspecified atom stereocenters. The lowest BCUT2D eigenvalue weighted by atomic mass is 9.61. The fourth-order valence-electron chi connectivity index (χ4n) is 3.24. The van der Waals surface area contributed by atoms with Gasteiger partial charge >= 0.3 is 0 Å². The maximum atomic E-state index is 12.8. The van der Waals surface area contributed by atoms with Gasteiger partial charge in [0.05, 0.1) is 0 Å². The standard InChI is InChI=1S/C15H29N3O2/c1-5-12(6-2)10-18(7-3)14(19)15(13(16)17-20)8-11(4)9-15/h11-12,20H,5-10H2,1-4H3,(H2,16,17). The van der Waals surface area contributed by atoms with Crippen LogP contribution in [0.25, 0.3) is 0 Å². The Kier molecular flexibility index (Phi) is 5.84. The second kappa shape index (κ2) is 6.95. The van der Waals surface area contributed by atoms with Crippen molar-refractivity contribution in [1.82, 2.24) is 4.90 Å². The number of carbonyl (C=O) groups excluding carboxylic acids is 1. The van der Waals surface area contributed by atoms with Crippen molar-refractivity contribution < 1.29 is 10.0 Å². The Labute approximate surface area is 122 Å². The lowest BCUT2D eigenvalue weighted by Crippen LogP contribution is -2.58. The molecule has 0 bridgehead atoms. The molecule has 5 heteroatoms. The third kappa shape index (κ3) is 3.07. The first kappa shape index (κ1) is 16.8. The molecule has 0 aromatic heterocycles. The smallest absolute Gasteiger partial charge is 0.236 e. The van der Waals surface area contributed by atoms with Crippen LogP contribution in [0.1, 0.15) is 53.4 Å². The zero-order chi connectivity index (χ0) is 15.3. The van der Waals surface area contributed by atoms with E-state index >= 15 is 0 Å². The molecule has 0 saturated heterocycles. The Balaban J connectivity index is 2.88. The highest BCUT2D eigenvalue weighted by Gasteiger charge is 2.53. The highest BCUT2D eigenvalue weighted by molar-refractivity contribution is 6.07. The van der Waals surface area contributed by atoms with Crippen molar-refractivity contribution in [2.75, 3.05) is 13.1 Å². The van der Waals surface area contributed by atoms with Crippen molar-refractivity contribution in [3.8, 4) is 0 Å². The first-order chi connectivity index (χ1) is 9.44. The van der Waals surface area contributed by atoms with Crippen LogP contribution in [0.15, 0.2) is 5.16 Å². The summed E-state index contributed by atoms with van der Waals surface area (Å²) in [4.78, 5) is 14.7. The topological polar surface area (TPSA) is 78.9 Å². The van der Waals surface area contributed by atoms with Crippen LogP contribution in [-0.4, -0.2) is 34.9 Å². The second-order valence-electron chi connectivity index (χ2n) is 6.11. The summed E-state index contributed by atoms with van der Waals surface area (Å²) in [5, 5.41) is 12.1. The number of hydrogen-bond acceptors (Lipinski definition) is 3. The summed E-state index contributed by atoms with van der Waals surface area (Å²) in [6.07, 6.45) is 3.49. The Hall–Kier alpha value is -1.26. The van der Waals surface area contributed by atoms with Crippen LogP contribution in [0.2, 0.25) is 0 Å². The summed E-state index contributed by atoms with van der Waals surface area (Å²) in [5.41, 5.74) is 5.05. The van der Waals surface area contributed by atoms with Crippen LogP contribution in [-0.2, 0) is 4.79 Å². The molecule has 1 aliphatic rings. The van der Waals surface area contributed by atoms with Crippen molar-refractivity contribution in [2.45, 2.75) is 53.4 Å². The lowest BCUT2D eigenvalue weighted by Gasteiger charge is -2.46. The van der Waals surface area contributed by atoms with Gasteiger partial charge in [0, 0.05) is 13.1 Å². The van der Waals surface area contributed by atoms with E-state index in [0.29, 0.717) is 31.2 Å². The first-order valence-electron chi connectivity index (χ1n) is 7.72. The van der Waals surface area contributed by atoms with Crippen LogP contribution in [0.4, 0.5) is 0 Å². The summed E-state index contributed by atoms with van der Waals surface area (Å²) < 4.78 is 0. The van der Waals surface area contributed by atoms with Gasteiger partial charge in [0.15, 0.2) is 5.84 Å². The minimum absolute atomic E-state index is 0.0281. The van der Waals surface area contributed by atoms with Crippen LogP contribution in [0.5, 0.6) is 0 Å². The molecule has 1 amide bonds. The number of nitrogens with zero attached hydrogens (tertiary/aromatic N) is 2. The van der Waals surface area contributed by atoms with E-state index in [-0.39, 0.29) is 11.7 Å². The number of amidine groups is 1. The quantitative estimate of drug-likeness (QED) is 0.326. The van der Waals surface area contributed by atoms with Gasteiger partial charge in [0.2, 0.25) is 5.91 Å². The summed E-state index contributed by atoms with van der Waals surface area (Å²) in [6.45, 7) is 9.81. The zero-order valence-corrected chi connectivity index (χ0v) is 13.2. The number of nitrogens with two attached hydrogens (primary N) is 1. The highest BCUT2D eigenvalue weighted by atomic mass is 16.4. The van der Waals surface area contributed by atoms with E-state index in [1.807, 2.05) is 11.8 Å². The Morgan fingerprint density at radius 1 is 1.40 bits per heavy atom. The normalized spacial score (nSPS) is 26.4. The monoisotopic (exact) mass is 283 g/mol. The molecule has 0 aliphatic heterocycles. The molecule has 1 saturated carbocycles. The second-order valence-corrected chi connectivity index (χ2v) is 6.11. The molecule has 0 aromatic rings. The van der Waals surface area contributed by atoms with Gasteiger partial charge < -0.3 is 15.8 Å². The number of carbonyl (C=O) groups is 1. The van der Waals surface area contributed by atoms with Crippen molar-refractivity contribution in [3.05, 3.63) is 0 Å². The molecule has 20 heavy (non-hydrogen) atoms. The molecule has 1 rings (SSSR count). The van der Waals surface area contributed by atoms with Gasteiger partial charge in [-0.05, 0) is 31.6 Å². The van der Waals surface area contributed by atoms with Gasteiger partial charge in [-0.2, -0.15) is 0 Å². The van der Waals surface area contributed by atoms with Crippen LogP contribution >= 0.6 is 0 Å². The molecule has 0 heterocycles. The predicted molar refractivity (Wildman–Crippen MR) is 80.6 cm³/mol. The predicted octanol–water partition coefficient (Wildman–Crippen LogP) is 2.43. The molecule has 0 radical (unpaired) electrons. The van der Waals surface area contributed by atoms with Crippen molar-refractivity contribution in [3.63, 3.8) is 0 Å². The largest absolute Gasteiger partial charge is 0.409 e. The molecular formula is C15H29N3O2. The SMILES string of the molecule is CCC(CC)CN(CC)C(=O)C1(C(N)=NO)CC(C)C1. The fourth-order valence-corrected chi connectivity index (χ4v) is 3.24. The maximum Gasteiger partial charge on any atom is 0.236 e. The first-order valence-corrected chi connectivity index (χ1v) is 7.72. The molecule has 0 atom stereocenters. The van der Waals surface area contributed by atoms with E-state index in [1.165, 1.54) is 0 Å². The van der Waals surface area contributed by atoms with Gasteiger partial charge in [0.25, 0.3) is 0 Å². The average molecular weight is 283 g/mol. The lowest BCUT2D eigenvalue weighted by molar-refractivity contribution is -0.145. The molecule has 1 fully saturated rings. The summed E-state index contributed by atoms with van der Waals surface area (Å²) in [7, 11) is 0. The van der Waals surface area contributed by atoms with Gasteiger partial charge in [-0.15, -0.1) is 0 Å². The zero-order valence-electron chi connectivity index (χ0n) is 13.2. The molecule has 3 N–H and O–H groups in total. The van der Waals surface area contributed by atoms with E-state index in [4.69, 9.17) is 10.9 Å². The van der Waals surface area contributed by atoms with E-state index < -0.39 is 5.41 Å². The summed E-state index contributed by atoms with van der Waals surface area (Å²) >= 11 is 0. The van der Waals surface area contributed by atoms with Gasteiger partial charge in [-0.25, -0.2) is 0 Å². The molecule has 0 aromatic carbocycles. The number of amides is 1. The third-order valence-electron chi connectivity index (χ3n) is 4.70. The molecular weight excluding hydrogens is 254 g/mol. The number of oxime groups is 1. The molecule has 0 spiro atoms. The Morgan fingerprint density at radius 3 is 2.30 bits per heavy atom. The minimum Gasteiger partial charge on any atom is -0.409 e. The van der Waals surface area contributed by atoms with E-state index in [1.54, 1.807) is 0 Å². The van der Waals surface area contributed by atoms with Crippen molar-refractivity contribution in [1.29, 1.82) is 0 Å². The van der Waals surface area contributed by atoms with Crippen LogP contribution < -0.4 is 5.73 Å². The fraction of sp³-hybridized carbons (Fsp3) is 0.867. The van der Waals surface area contributed by atoms with Gasteiger partial charge in [0.1, 0.15) is 5.41 Å². The number of hydrogen-bond donors (Lipinski definition) is 2. The van der Waals surface area contributed by atoms with E-state index in [0.717, 1.165) is 19.4 Å². The number of rotatable bonds is 7. The van der Waals surface area contributed by atoms with Gasteiger partial charge in [-0.1, -0.05) is 38.8 Å². The summed E-state index contributed by atoms with van der Waals surface area (Å²) in [6, 6.07) is 0. The Bertz CT molecular complexity index is 358.